The van der Waals surface area contributed by atoms with Crippen LogP contribution in [0, 0.1) is 0 Å². The molecule has 3 N–H and O–H groups in total. The molecule has 6 nitrogen and oxygen atoms in total. The van der Waals surface area contributed by atoms with Crippen molar-refractivity contribution in [3.63, 3.8) is 0 Å². The number of rotatable bonds is 2. The summed E-state index contributed by atoms with van der Waals surface area (Å²) in [4.78, 5) is 23.5. The lowest BCUT2D eigenvalue weighted by molar-refractivity contribution is 0.102. The second-order valence-electron chi connectivity index (χ2n) is 3.27. The monoisotopic (exact) mass is 327 g/mol. The van der Waals surface area contributed by atoms with E-state index in [9.17, 15) is 4.79 Å². The summed E-state index contributed by atoms with van der Waals surface area (Å²) in [7, 11) is 0. The van der Waals surface area contributed by atoms with Crippen LogP contribution in [0.25, 0.3) is 0 Å². The van der Waals surface area contributed by atoms with Gasteiger partial charge >= 0.3 is 0 Å². The van der Waals surface area contributed by atoms with Crippen LogP contribution < -0.4 is 11.1 Å². The van der Waals surface area contributed by atoms with Crippen molar-refractivity contribution in [3.8, 4) is 0 Å². The van der Waals surface area contributed by atoms with Crippen LogP contribution in [0.4, 0.5) is 11.6 Å². The summed E-state index contributed by atoms with van der Waals surface area (Å²) in [6.07, 6.45) is 4.24. The van der Waals surface area contributed by atoms with Gasteiger partial charge in [-0.05, 0) is 22.0 Å². The highest BCUT2D eigenvalue weighted by molar-refractivity contribution is 9.10. The molecule has 2 rings (SSSR count). The molecular weight excluding hydrogens is 322 g/mol. The normalized spacial score (nSPS) is 10.1. The lowest BCUT2D eigenvalue weighted by Crippen LogP contribution is -2.13. The molecule has 8 heteroatoms. The molecule has 0 bridgehead atoms. The molecule has 1 amide bonds. The predicted octanol–water partition coefficient (Wildman–Crippen LogP) is 2.12. The quantitative estimate of drug-likeness (QED) is 0.880. The van der Waals surface area contributed by atoms with Gasteiger partial charge in [0.15, 0.2) is 5.82 Å². The van der Waals surface area contributed by atoms with Gasteiger partial charge in [-0.2, -0.15) is 0 Å². The molecule has 92 valence electrons. The Labute approximate surface area is 116 Å². The number of aromatic nitrogens is 3. The molecule has 0 radical (unpaired) electrons. The van der Waals surface area contributed by atoms with E-state index in [2.05, 4.69) is 36.2 Å². The maximum Gasteiger partial charge on any atom is 0.258 e. The van der Waals surface area contributed by atoms with Crippen LogP contribution in [0.5, 0.6) is 0 Å². The van der Waals surface area contributed by atoms with Crippen molar-refractivity contribution in [3.05, 3.63) is 39.8 Å². The zero-order chi connectivity index (χ0) is 13.1. The number of hydrogen-bond acceptors (Lipinski definition) is 5. The van der Waals surface area contributed by atoms with Gasteiger partial charge in [-0.3, -0.25) is 4.79 Å². The van der Waals surface area contributed by atoms with Crippen molar-refractivity contribution in [2.45, 2.75) is 0 Å². The predicted molar refractivity (Wildman–Crippen MR) is 71.3 cm³/mol. The van der Waals surface area contributed by atoms with Crippen molar-refractivity contribution in [1.29, 1.82) is 0 Å². The molecule has 0 fully saturated rings. The fourth-order valence-corrected chi connectivity index (χ4v) is 1.51. The van der Waals surface area contributed by atoms with Gasteiger partial charge in [-0.1, -0.05) is 11.6 Å². The van der Waals surface area contributed by atoms with Gasteiger partial charge in [0.25, 0.3) is 5.91 Å². The maximum absolute atomic E-state index is 11.8. The SMILES string of the molecule is Nc1ncc(C(=O)Nc2cnc(Br)cn2)cc1Cl. The first-order chi connectivity index (χ1) is 8.56. The minimum absolute atomic E-state index is 0.177. The minimum atomic E-state index is -0.388. The van der Waals surface area contributed by atoms with Gasteiger partial charge in [0.2, 0.25) is 0 Å². The van der Waals surface area contributed by atoms with Crippen LogP contribution in [0.1, 0.15) is 10.4 Å². The first-order valence-corrected chi connectivity index (χ1v) is 5.93. The van der Waals surface area contributed by atoms with E-state index in [0.717, 1.165) is 0 Å². The van der Waals surface area contributed by atoms with E-state index in [-0.39, 0.29) is 16.7 Å². The number of halogens is 2. The lowest BCUT2D eigenvalue weighted by Gasteiger charge is -2.04. The lowest BCUT2D eigenvalue weighted by atomic mass is 10.2. The summed E-state index contributed by atoms with van der Waals surface area (Å²) in [5.41, 5.74) is 5.75. The van der Waals surface area contributed by atoms with Crippen LogP contribution in [0.3, 0.4) is 0 Å². The number of nitrogens with two attached hydrogens (primary N) is 1. The van der Waals surface area contributed by atoms with E-state index in [1.807, 2.05) is 0 Å². The molecule has 2 aromatic rings. The van der Waals surface area contributed by atoms with Gasteiger partial charge in [-0.15, -0.1) is 0 Å². The Bertz CT molecular complexity index is 589. The van der Waals surface area contributed by atoms with Crippen LogP contribution in [0.2, 0.25) is 5.02 Å². The third kappa shape index (κ3) is 2.93. The average molecular weight is 329 g/mol. The number of pyridine rings is 1. The third-order valence-electron chi connectivity index (χ3n) is 1.99. The second kappa shape index (κ2) is 5.28. The molecule has 18 heavy (non-hydrogen) atoms. The van der Waals surface area contributed by atoms with Crippen molar-refractivity contribution < 1.29 is 4.79 Å². The van der Waals surface area contributed by atoms with Gasteiger partial charge in [0.1, 0.15) is 10.4 Å². The molecule has 0 aliphatic heterocycles. The van der Waals surface area contributed by atoms with E-state index in [4.69, 9.17) is 17.3 Å². The number of anilines is 2. The minimum Gasteiger partial charge on any atom is -0.382 e. The van der Waals surface area contributed by atoms with Crippen LogP contribution in [-0.2, 0) is 0 Å². The maximum atomic E-state index is 11.8. The number of nitrogens with zero attached hydrogens (tertiary/aromatic N) is 3. The summed E-state index contributed by atoms with van der Waals surface area (Å²) >= 11 is 8.93. The Morgan fingerprint density at radius 1 is 1.28 bits per heavy atom. The van der Waals surface area contributed by atoms with Crippen LogP contribution in [0.15, 0.2) is 29.3 Å². The summed E-state index contributed by atoms with van der Waals surface area (Å²) < 4.78 is 0.581. The van der Waals surface area contributed by atoms with Crippen molar-refractivity contribution in [2.75, 3.05) is 11.1 Å². The zero-order valence-electron chi connectivity index (χ0n) is 8.89. The van der Waals surface area contributed by atoms with Gasteiger partial charge in [0, 0.05) is 6.20 Å². The highest BCUT2D eigenvalue weighted by atomic mass is 79.9. The highest BCUT2D eigenvalue weighted by Crippen LogP contribution is 2.17. The molecule has 0 unspecified atom stereocenters. The Balaban J connectivity index is 2.16. The molecule has 2 heterocycles. The van der Waals surface area contributed by atoms with Gasteiger partial charge in [-0.25, -0.2) is 15.0 Å². The number of hydrogen-bond donors (Lipinski definition) is 2. The molecule has 0 saturated carbocycles. The molecule has 0 spiro atoms. The number of carbonyl (C=O) groups excluding carboxylic acids is 1. The number of carbonyl (C=O) groups is 1. The number of nitrogens with one attached hydrogen (secondary N) is 1. The number of nitrogen functional groups attached to an aromatic ring is 1. The van der Waals surface area contributed by atoms with E-state index in [1.165, 1.54) is 24.7 Å². The largest absolute Gasteiger partial charge is 0.382 e. The first kappa shape index (κ1) is 12.7. The van der Waals surface area contributed by atoms with Crippen LogP contribution >= 0.6 is 27.5 Å². The standard InChI is InChI=1S/C10H7BrClN5O/c11-7-3-15-8(4-14-7)17-10(18)5-1-6(12)9(13)16-2-5/h1-4H,(H2,13,16)(H,15,17,18). The van der Waals surface area contributed by atoms with Crippen molar-refractivity contribution in [2.24, 2.45) is 0 Å². The molecule has 2 aromatic heterocycles. The Hall–Kier alpha value is -1.73. The fourth-order valence-electron chi connectivity index (χ4n) is 1.14. The second-order valence-corrected chi connectivity index (χ2v) is 4.49. The van der Waals surface area contributed by atoms with E-state index in [0.29, 0.717) is 16.0 Å². The average Bonchev–Trinajstić information content (AvgIpc) is 2.35. The highest BCUT2D eigenvalue weighted by Gasteiger charge is 2.09. The smallest absolute Gasteiger partial charge is 0.258 e. The molecule has 0 aliphatic carbocycles. The summed E-state index contributed by atoms with van der Waals surface area (Å²) in [5.74, 6) is 0.119. The third-order valence-corrected chi connectivity index (χ3v) is 2.71. The van der Waals surface area contributed by atoms with Crippen LogP contribution in [-0.4, -0.2) is 20.9 Å². The Morgan fingerprint density at radius 2 is 2.06 bits per heavy atom. The summed E-state index contributed by atoms with van der Waals surface area (Å²) in [6.45, 7) is 0. The molecule has 0 aliphatic rings. The van der Waals surface area contributed by atoms with E-state index < -0.39 is 0 Å². The summed E-state index contributed by atoms with van der Waals surface area (Å²) in [6, 6.07) is 1.44. The number of amides is 1. The molecule has 0 atom stereocenters. The van der Waals surface area contributed by atoms with Crippen molar-refractivity contribution in [1.82, 2.24) is 15.0 Å². The zero-order valence-corrected chi connectivity index (χ0v) is 11.2. The molecule has 0 saturated heterocycles. The van der Waals surface area contributed by atoms with Gasteiger partial charge < -0.3 is 11.1 Å². The Morgan fingerprint density at radius 3 is 2.67 bits per heavy atom. The molecule has 0 aromatic carbocycles. The first-order valence-electron chi connectivity index (χ1n) is 4.76. The topological polar surface area (TPSA) is 93.8 Å². The van der Waals surface area contributed by atoms with Crippen molar-refractivity contribution >= 4 is 45.1 Å². The summed E-state index contributed by atoms with van der Waals surface area (Å²) in [5, 5.41) is 2.79. The Kier molecular flexibility index (Phi) is 3.73. The van der Waals surface area contributed by atoms with E-state index in [1.54, 1.807) is 0 Å². The van der Waals surface area contributed by atoms with Gasteiger partial charge in [0.05, 0.1) is 23.0 Å². The molecular formula is C10H7BrClN5O. The van der Waals surface area contributed by atoms with E-state index >= 15 is 0 Å². The fraction of sp³-hybridized carbons (Fsp3) is 0.